The summed E-state index contributed by atoms with van der Waals surface area (Å²) in [6.07, 6.45) is 1.06. The van der Waals surface area contributed by atoms with Crippen molar-refractivity contribution in [3.05, 3.63) is 29.8 Å². The molecule has 90 valence electrons. The molecule has 3 nitrogen and oxygen atoms in total. The molecule has 1 unspecified atom stereocenters. The minimum Gasteiger partial charge on any atom is -0.491 e. The lowest BCUT2D eigenvalue weighted by Crippen LogP contribution is -2.14. The zero-order valence-corrected chi connectivity index (χ0v) is 10.3. The second-order valence-corrected chi connectivity index (χ2v) is 4.07. The van der Waals surface area contributed by atoms with Crippen LogP contribution in [0.3, 0.4) is 0 Å². The van der Waals surface area contributed by atoms with Gasteiger partial charge in [0.25, 0.3) is 0 Å². The van der Waals surface area contributed by atoms with Crippen molar-refractivity contribution in [2.45, 2.75) is 32.4 Å². The van der Waals surface area contributed by atoms with Crippen molar-refractivity contribution >= 4 is 0 Å². The standard InChI is InChI=1S/C13H21NO2/c1-10(8-9-15-3)16-13-6-4-12(5-7-13)11(2)14/h4-7,10-11H,8-9,14H2,1-3H3/t10?,11-/m0/s1. The molecule has 0 aliphatic rings. The molecule has 0 aliphatic heterocycles. The van der Waals surface area contributed by atoms with Gasteiger partial charge < -0.3 is 15.2 Å². The number of methoxy groups -OCH3 is 1. The molecule has 0 heterocycles. The molecule has 0 aromatic heterocycles. The quantitative estimate of drug-likeness (QED) is 0.806. The lowest BCUT2D eigenvalue weighted by atomic mass is 10.1. The Morgan fingerprint density at radius 3 is 2.31 bits per heavy atom. The zero-order valence-electron chi connectivity index (χ0n) is 10.3. The molecule has 0 saturated carbocycles. The number of benzene rings is 1. The van der Waals surface area contributed by atoms with E-state index < -0.39 is 0 Å². The van der Waals surface area contributed by atoms with Gasteiger partial charge in [0.1, 0.15) is 5.75 Å². The van der Waals surface area contributed by atoms with Crippen LogP contribution < -0.4 is 10.5 Å². The zero-order chi connectivity index (χ0) is 12.0. The van der Waals surface area contributed by atoms with Crippen LogP contribution in [-0.4, -0.2) is 19.8 Å². The largest absolute Gasteiger partial charge is 0.491 e. The second kappa shape index (κ2) is 6.51. The average Bonchev–Trinajstić information content (AvgIpc) is 2.27. The summed E-state index contributed by atoms with van der Waals surface area (Å²) in [5.74, 6) is 0.882. The highest BCUT2D eigenvalue weighted by Gasteiger charge is 2.04. The monoisotopic (exact) mass is 223 g/mol. The maximum absolute atomic E-state index is 5.77. The third-order valence-corrected chi connectivity index (χ3v) is 2.47. The number of ether oxygens (including phenoxy) is 2. The van der Waals surface area contributed by atoms with Gasteiger partial charge in [-0.1, -0.05) is 12.1 Å². The molecule has 2 atom stereocenters. The smallest absolute Gasteiger partial charge is 0.119 e. The first-order chi connectivity index (χ1) is 7.63. The number of hydrogen-bond acceptors (Lipinski definition) is 3. The average molecular weight is 223 g/mol. The fraction of sp³-hybridized carbons (Fsp3) is 0.538. The molecular weight excluding hydrogens is 202 g/mol. The summed E-state index contributed by atoms with van der Waals surface area (Å²) in [6.45, 7) is 4.73. The van der Waals surface area contributed by atoms with Crippen LogP contribution in [0.4, 0.5) is 0 Å². The molecule has 3 heteroatoms. The topological polar surface area (TPSA) is 44.5 Å². The number of nitrogens with two attached hydrogens (primary N) is 1. The summed E-state index contributed by atoms with van der Waals surface area (Å²) in [7, 11) is 1.70. The van der Waals surface area contributed by atoms with Gasteiger partial charge >= 0.3 is 0 Å². The van der Waals surface area contributed by atoms with Gasteiger partial charge in [0, 0.05) is 26.2 Å². The molecule has 1 rings (SSSR count). The summed E-state index contributed by atoms with van der Waals surface area (Å²) >= 11 is 0. The lowest BCUT2D eigenvalue weighted by molar-refractivity contribution is 0.135. The molecule has 0 aliphatic carbocycles. The highest BCUT2D eigenvalue weighted by atomic mass is 16.5. The van der Waals surface area contributed by atoms with Crippen molar-refractivity contribution in [3.8, 4) is 5.75 Å². The molecule has 0 saturated heterocycles. The van der Waals surface area contributed by atoms with Crippen LogP contribution in [0, 0.1) is 0 Å². The van der Waals surface area contributed by atoms with Crippen LogP contribution in [0.1, 0.15) is 31.9 Å². The Bertz CT molecular complexity index is 295. The van der Waals surface area contributed by atoms with Gasteiger partial charge in [-0.05, 0) is 31.5 Å². The SMILES string of the molecule is COCCC(C)Oc1ccc([C@H](C)N)cc1. The van der Waals surface area contributed by atoms with E-state index in [4.69, 9.17) is 15.2 Å². The minimum atomic E-state index is 0.0694. The van der Waals surface area contributed by atoms with Gasteiger partial charge in [-0.2, -0.15) is 0 Å². The van der Waals surface area contributed by atoms with Crippen molar-refractivity contribution in [1.29, 1.82) is 0 Å². The van der Waals surface area contributed by atoms with Crippen LogP contribution in [-0.2, 0) is 4.74 Å². The van der Waals surface area contributed by atoms with Gasteiger partial charge in [0.05, 0.1) is 6.10 Å². The molecule has 0 amide bonds. The van der Waals surface area contributed by atoms with E-state index in [1.165, 1.54) is 0 Å². The van der Waals surface area contributed by atoms with Crippen molar-refractivity contribution in [2.24, 2.45) is 5.73 Å². The maximum Gasteiger partial charge on any atom is 0.119 e. The molecule has 1 aromatic carbocycles. The van der Waals surface area contributed by atoms with Crippen LogP contribution in [0.15, 0.2) is 24.3 Å². The van der Waals surface area contributed by atoms with Crippen molar-refractivity contribution < 1.29 is 9.47 Å². The molecular formula is C13H21NO2. The van der Waals surface area contributed by atoms with Gasteiger partial charge in [-0.15, -0.1) is 0 Å². The molecule has 0 fully saturated rings. The van der Waals surface area contributed by atoms with Crippen molar-refractivity contribution in [3.63, 3.8) is 0 Å². The summed E-state index contributed by atoms with van der Waals surface area (Å²) in [6, 6.07) is 8.00. The Hall–Kier alpha value is -1.06. The van der Waals surface area contributed by atoms with E-state index in [0.29, 0.717) is 0 Å². The number of rotatable bonds is 6. The Labute approximate surface area is 97.6 Å². The predicted molar refractivity (Wildman–Crippen MR) is 65.6 cm³/mol. The van der Waals surface area contributed by atoms with Crippen LogP contribution in [0.25, 0.3) is 0 Å². The van der Waals surface area contributed by atoms with E-state index in [1.54, 1.807) is 7.11 Å². The van der Waals surface area contributed by atoms with E-state index in [0.717, 1.165) is 24.3 Å². The first-order valence-electron chi connectivity index (χ1n) is 5.64. The van der Waals surface area contributed by atoms with Crippen LogP contribution in [0.2, 0.25) is 0 Å². The predicted octanol–water partition coefficient (Wildman–Crippen LogP) is 2.51. The van der Waals surface area contributed by atoms with Gasteiger partial charge in [0.2, 0.25) is 0 Å². The van der Waals surface area contributed by atoms with Crippen LogP contribution in [0.5, 0.6) is 5.75 Å². The summed E-state index contributed by atoms with van der Waals surface area (Å²) < 4.78 is 10.7. The minimum absolute atomic E-state index is 0.0694. The fourth-order valence-electron chi connectivity index (χ4n) is 1.43. The summed E-state index contributed by atoms with van der Waals surface area (Å²) in [5, 5.41) is 0. The molecule has 2 N–H and O–H groups in total. The van der Waals surface area contributed by atoms with E-state index in [9.17, 15) is 0 Å². The first kappa shape index (κ1) is 13.0. The number of hydrogen-bond donors (Lipinski definition) is 1. The van der Waals surface area contributed by atoms with E-state index in [2.05, 4.69) is 0 Å². The molecule has 16 heavy (non-hydrogen) atoms. The lowest BCUT2D eigenvalue weighted by Gasteiger charge is -2.15. The third-order valence-electron chi connectivity index (χ3n) is 2.47. The molecule has 0 radical (unpaired) electrons. The summed E-state index contributed by atoms with van der Waals surface area (Å²) in [5.41, 5.74) is 6.90. The van der Waals surface area contributed by atoms with Gasteiger partial charge in [0.15, 0.2) is 0 Å². The Balaban J connectivity index is 2.48. The Kier molecular flexibility index (Phi) is 5.29. The summed E-state index contributed by atoms with van der Waals surface area (Å²) in [4.78, 5) is 0. The molecule has 0 bridgehead atoms. The Morgan fingerprint density at radius 2 is 1.81 bits per heavy atom. The fourth-order valence-corrected chi connectivity index (χ4v) is 1.43. The first-order valence-corrected chi connectivity index (χ1v) is 5.64. The second-order valence-electron chi connectivity index (χ2n) is 4.07. The normalized spacial score (nSPS) is 14.5. The highest BCUT2D eigenvalue weighted by molar-refractivity contribution is 5.28. The highest BCUT2D eigenvalue weighted by Crippen LogP contribution is 2.17. The van der Waals surface area contributed by atoms with Gasteiger partial charge in [-0.3, -0.25) is 0 Å². The maximum atomic E-state index is 5.77. The Morgan fingerprint density at radius 1 is 1.19 bits per heavy atom. The van der Waals surface area contributed by atoms with E-state index in [1.807, 2.05) is 38.1 Å². The van der Waals surface area contributed by atoms with Crippen molar-refractivity contribution in [1.82, 2.24) is 0 Å². The van der Waals surface area contributed by atoms with E-state index in [-0.39, 0.29) is 12.1 Å². The third kappa shape index (κ3) is 4.21. The molecule has 1 aromatic rings. The van der Waals surface area contributed by atoms with Gasteiger partial charge in [-0.25, -0.2) is 0 Å². The van der Waals surface area contributed by atoms with E-state index >= 15 is 0 Å². The van der Waals surface area contributed by atoms with Crippen molar-refractivity contribution in [2.75, 3.05) is 13.7 Å². The molecule has 0 spiro atoms. The van der Waals surface area contributed by atoms with Crippen LogP contribution >= 0.6 is 0 Å².